The number of aryl methyl sites for hydroxylation is 2. The van der Waals surface area contributed by atoms with Crippen LogP contribution in [0.25, 0.3) is 22.3 Å². The standard InChI is InChI=1S/C18H22N4O.ClH.H2O/c1-10-6-13(4-5-19-10)18-20-9-17-16(22-18)8-15(21-17)14-7-11(2)23-12(14)3;;/h7-10,13,19,21H,4-6H2,1-3H3;1H;1H2. The average Bonchev–Trinajstić information content (AvgIpc) is 3.09. The van der Waals surface area contributed by atoms with Gasteiger partial charge in [-0.05, 0) is 52.3 Å². The van der Waals surface area contributed by atoms with E-state index in [2.05, 4.69) is 34.3 Å². The number of aromatic amines is 1. The first-order valence-electron chi connectivity index (χ1n) is 8.26. The van der Waals surface area contributed by atoms with Crippen LogP contribution in [0.15, 0.2) is 22.7 Å². The molecule has 0 radical (unpaired) electrons. The number of rotatable bonds is 2. The lowest BCUT2D eigenvalue weighted by Gasteiger charge is -2.26. The Bertz CT molecular complexity index is 858. The van der Waals surface area contributed by atoms with Crippen LogP contribution in [0.3, 0.4) is 0 Å². The van der Waals surface area contributed by atoms with Crippen molar-refractivity contribution < 1.29 is 9.89 Å². The zero-order chi connectivity index (χ0) is 16.0. The van der Waals surface area contributed by atoms with E-state index in [0.717, 1.165) is 59.0 Å². The van der Waals surface area contributed by atoms with Crippen LogP contribution in [0.5, 0.6) is 0 Å². The van der Waals surface area contributed by atoms with E-state index in [4.69, 9.17) is 9.40 Å². The maximum atomic E-state index is 5.63. The zero-order valence-corrected chi connectivity index (χ0v) is 15.5. The molecule has 1 saturated heterocycles. The first-order valence-corrected chi connectivity index (χ1v) is 8.26. The van der Waals surface area contributed by atoms with Crippen LogP contribution in [0, 0.1) is 13.8 Å². The summed E-state index contributed by atoms with van der Waals surface area (Å²) < 4.78 is 5.63. The number of hydrogen-bond acceptors (Lipinski definition) is 4. The van der Waals surface area contributed by atoms with Gasteiger partial charge in [0.2, 0.25) is 0 Å². The van der Waals surface area contributed by atoms with Gasteiger partial charge in [-0.15, -0.1) is 12.4 Å². The summed E-state index contributed by atoms with van der Waals surface area (Å²) in [5.74, 6) is 3.27. The van der Waals surface area contributed by atoms with E-state index in [1.165, 1.54) is 0 Å². The van der Waals surface area contributed by atoms with Crippen molar-refractivity contribution in [2.75, 3.05) is 6.54 Å². The minimum atomic E-state index is 0. The third kappa shape index (κ3) is 3.71. The first-order chi connectivity index (χ1) is 11.1. The van der Waals surface area contributed by atoms with Gasteiger partial charge in [0.1, 0.15) is 17.3 Å². The van der Waals surface area contributed by atoms with E-state index in [9.17, 15) is 0 Å². The van der Waals surface area contributed by atoms with Gasteiger partial charge in [-0.2, -0.15) is 0 Å². The number of nitrogens with zero attached hydrogens (tertiary/aromatic N) is 2. The molecule has 0 amide bonds. The second-order valence-electron chi connectivity index (χ2n) is 6.61. The molecule has 25 heavy (non-hydrogen) atoms. The number of fused-ring (bicyclic) bond motifs is 1. The van der Waals surface area contributed by atoms with Crippen molar-refractivity contribution in [3.8, 4) is 11.3 Å². The van der Waals surface area contributed by atoms with Crippen molar-refractivity contribution in [2.45, 2.75) is 45.6 Å². The normalized spacial score (nSPS) is 20.1. The summed E-state index contributed by atoms with van der Waals surface area (Å²) in [6.07, 6.45) is 4.12. The summed E-state index contributed by atoms with van der Waals surface area (Å²) in [4.78, 5) is 12.8. The van der Waals surface area contributed by atoms with Crippen LogP contribution in [-0.2, 0) is 0 Å². The van der Waals surface area contributed by atoms with Crippen LogP contribution in [0.1, 0.15) is 43.0 Å². The van der Waals surface area contributed by atoms with E-state index >= 15 is 0 Å². The van der Waals surface area contributed by atoms with Crippen LogP contribution < -0.4 is 5.32 Å². The first kappa shape index (κ1) is 19.4. The lowest BCUT2D eigenvalue weighted by atomic mass is 9.92. The third-order valence-electron chi connectivity index (χ3n) is 4.71. The van der Waals surface area contributed by atoms with Crippen molar-refractivity contribution in [1.29, 1.82) is 0 Å². The lowest BCUT2D eigenvalue weighted by molar-refractivity contribution is 0.371. The van der Waals surface area contributed by atoms with Crippen molar-refractivity contribution in [3.63, 3.8) is 0 Å². The van der Waals surface area contributed by atoms with Crippen molar-refractivity contribution in [1.82, 2.24) is 20.3 Å². The molecule has 1 aliphatic rings. The minimum Gasteiger partial charge on any atom is -0.466 e. The van der Waals surface area contributed by atoms with E-state index in [1.807, 2.05) is 20.0 Å². The van der Waals surface area contributed by atoms with Gasteiger partial charge in [0.25, 0.3) is 0 Å². The molecule has 0 saturated carbocycles. The smallest absolute Gasteiger partial charge is 0.132 e. The second-order valence-corrected chi connectivity index (χ2v) is 6.61. The Balaban J connectivity index is 0.00000113. The monoisotopic (exact) mass is 364 g/mol. The molecule has 2 unspecified atom stereocenters. The lowest BCUT2D eigenvalue weighted by Crippen LogP contribution is -2.35. The van der Waals surface area contributed by atoms with Crippen LogP contribution in [0.2, 0.25) is 0 Å². The zero-order valence-electron chi connectivity index (χ0n) is 14.7. The number of halogens is 1. The molecule has 4 rings (SSSR count). The molecule has 1 aliphatic heterocycles. The summed E-state index contributed by atoms with van der Waals surface area (Å²) in [6.45, 7) is 7.22. The van der Waals surface area contributed by atoms with Gasteiger partial charge in [-0.1, -0.05) is 0 Å². The number of piperidine rings is 1. The quantitative estimate of drug-likeness (QED) is 0.728. The molecule has 0 bridgehead atoms. The number of aromatic nitrogens is 3. The molecule has 4 heterocycles. The molecule has 3 aromatic rings. The second kappa shape index (κ2) is 7.56. The van der Waals surface area contributed by atoms with Gasteiger partial charge in [-0.3, -0.25) is 0 Å². The van der Waals surface area contributed by atoms with Crippen molar-refractivity contribution in [2.24, 2.45) is 0 Å². The van der Waals surface area contributed by atoms with Gasteiger partial charge in [0.05, 0.1) is 22.9 Å². The topological polar surface area (TPSA) is 98.2 Å². The molecule has 136 valence electrons. The summed E-state index contributed by atoms with van der Waals surface area (Å²) in [7, 11) is 0. The maximum Gasteiger partial charge on any atom is 0.132 e. The Morgan fingerprint density at radius 3 is 2.72 bits per heavy atom. The van der Waals surface area contributed by atoms with Gasteiger partial charge in [0.15, 0.2) is 0 Å². The fraction of sp³-hybridized carbons (Fsp3) is 0.444. The predicted octanol–water partition coefficient (Wildman–Crippen LogP) is 3.29. The molecule has 7 heteroatoms. The van der Waals surface area contributed by atoms with E-state index in [1.54, 1.807) is 0 Å². The number of H-pyrrole nitrogens is 1. The Morgan fingerprint density at radius 2 is 2.04 bits per heavy atom. The molecule has 4 N–H and O–H groups in total. The molecule has 6 nitrogen and oxygen atoms in total. The summed E-state index contributed by atoms with van der Waals surface area (Å²) >= 11 is 0. The summed E-state index contributed by atoms with van der Waals surface area (Å²) in [6, 6.07) is 4.69. The molecule has 0 aromatic carbocycles. The van der Waals surface area contributed by atoms with Crippen LogP contribution >= 0.6 is 12.4 Å². The maximum absolute atomic E-state index is 5.63. The molecular formula is C18H25ClN4O2. The fourth-order valence-electron chi connectivity index (χ4n) is 3.54. The Morgan fingerprint density at radius 1 is 1.24 bits per heavy atom. The fourth-order valence-corrected chi connectivity index (χ4v) is 3.54. The molecule has 0 aliphatic carbocycles. The largest absolute Gasteiger partial charge is 0.466 e. The number of hydrogen-bond donors (Lipinski definition) is 2. The minimum absolute atomic E-state index is 0. The van der Waals surface area contributed by atoms with Gasteiger partial charge in [-0.25, -0.2) is 9.97 Å². The Kier molecular flexibility index (Phi) is 5.87. The molecular weight excluding hydrogens is 340 g/mol. The van der Waals surface area contributed by atoms with Crippen molar-refractivity contribution >= 4 is 23.4 Å². The summed E-state index contributed by atoms with van der Waals surface area (Å²) in [5.41, 5.74) is 4.09. The van der Waals surface area contributed by atoms with Gasteiger partial charge in [0, 0.05) is 17.5 Å². The highest BCUT2D eigenvalue weighted by molar-refractivity contribution is 5.85. The Labute approximate surface area is 153 Å². The van der Waals surface area contributed by atoms with Gasteiger partial charge < -0.3 is 20.2 Å². The van der Waals surface area contributed by atoms with E-state index < -0.39 is 0 Å². The molecule has 3 aromatic heterocycles. The average molecular weight is 365 g/mol. The molecule has 2 atom stereocenters. The highest BCUT2D eigenvalue weighted by Gasteiger charge is 2.22. The third-order valence-corrected chi connectivity index (χ3v) is 4.71. The van der Waals surface area contributed by atoms with E-state index in [0.29, 0.717) is 12.0 Å². The molecule has 0 spiro atoms. The van der Waals surface area contributed by atoms with Gasteiger partial charge >= 0.3 is 0 Å². The molecule has 1 fully saturated rings. The van der Waals surface area contributed by atoms with Crippen molar-refractivity contribution in [3.05, 3.63) is 35.7 Å². The highest BCUT2D eigenvalue weighted by atomic mass is 35.5. The summed E-state index contributed by atoms with van der Waals surface area (Å²) in [5, 5.41) is 3.48. The van der Waals surface area contributed by atoms with Crippen LogP contribution in [0.4, 0.5) is 0 Å². The Hall–Kier alpha value is -1.89. The highest BCUT2D eigenvalue weighted by Crippen LogP contribution is 2.30. The number of furan rings is 1. The van der Waals surface area contributed by atoms with Crippen LogP contribution in [-0.4, -0.2) is 33.0 Å². The SMILES string of the molecule is Cc1cc(-c2cc3nc(C4CCNC(C)C4)ncc3[nH]2)c(C)o1.Cl.O. The predicted molar refractivity (Wildman–Crippen MR) is 101 cm³/mol. The van der Waals surface area contributed by atoms with E-state index in [-0.39, 0.29) is 17.9 Å². The number of nitrogens with one attached hydrogen (secondary N) is 2.